The van der Waals surface area contributed by atoms with E-state index in [4.69, 9.17) is 4.74 Å². The molecule has 1 amide bonds. The Kier molecular flexibility index (Phi) is 3.28. The van der Waals surface area contributed by atoms with Crippen LogP contribution in [0.15, 0.2) is 0 Å². The summed E-state index contributed by atoms with van der Waals surface area (Å²) in [6.45, 7) is 5.02. The molecule has 1 saturated heterocycles. The molecule has 13 heavy (non-hydrogen) atoms. The molecule has 1 aliphatic rings. The molecule has 0 unspecified atom stereocenters. The maximum atomic E-state index is 11.2. The molecule has 0 aliphatic carbocycles. The van der Waals surface area contributed by atoms with E-state index in [0.29, 0.717) is 25.5 Å². The van der Waals surface area contributed by atoms with Crippen LogP contribution < -0.4 is 0 Å². The van der Waals surface area contributed by atoms with E-state index in [1.54, 1.807) is 4.90 Å². The van der Waals surface area contributed by atoms with Crippen molar-refractivity contribution < 1.29 is 14.3 Å². The second-order valence-electron chi connectivity index (χ2n) is 3.54. The second kappa shape index (κ2) is 4.25. The SMILES string of the molecule is CC(C)[C@H]1COC(=O)N1CCC=O. The number of ether oxygens (including phenoxy) is 1. The van der Waals surface area contributed by atoms with E-state index in [-0.39, 0.29) is 12.1 Å². The third kappa shape index (κ3) is 2.20. The number of aldehydes is 1. The van der Waals surface area contributed by atoms with Crippen LogP contribution in [0.3, 0.4) is 0 Å². The summed E-state index contributed by atoms with van der Waals surface area (Å²) in [7, 11) is 0. The molecule has 4 heteroatoms. The van der Waals surface area contributed by atoms with E-state index < -0.39 is 0 Å². The highest BCUT2D eigenvalue weighted by atomic mass is 16.6. The Morgan fingerprint density at radius 3 is 2.92 bits per heavy atom. The standard InChI is InChI=1S/C9H15NO3/c1-7(2)8-6-13-9(12)10(8)4-3-5-11/h5,7-8H,3-4,6H2,1-2H3/t8-/m1/s1. The predicted octanol–water partition coefficient (Wildman–Crippen LogP) is 1.05. The Balaban J connectivity index is 2.54. The molecule has 0 aromatic carbocycles. The molecule has 1 heterocycles. The van der Waals surface area contributed by atoms with Gasteiger partial charge in [0.15, 0.2) is 0 Å². The molecule has 4 nitrogen and oxygen atoms in total. The fourth-order valence-corrected chi connectivity index (χ4v) is 1.47. The first-order valence-electron chi connectivity index (χ1n) is 4.54. The molecule has 0 radical (unpaired) electrons. The highest BCUT2D eigenvalue weighted by molar-refractivity contribution is 5.70. The summed E-state index contributed by atoms with van der Waals surface area (Å²) in [6, 6.07) is 0.132. The van der Waals surface area contributed by atoms with Gasteiger partial charge in [-0.2, -0.15) is 0 Å². The fourth-order valence-electron chi connectivity index (χ4n) is 1.47. The molecule has 0 aromatic heterocycles. The van der Waals surface area contributed by atoms with Gasteiger partial charge >= 0.3 is 6.09 Å². The minimum absolute atomic E-state index is 0.132. The number of amides is 1. The van der Waals surface area contributed by atoms with Crippen LogP contribution >= 0.6 is 0 Å². The first-order chi connectivity index (χ1) is 6.16. The van der Waals surface area contributed by atoms with E-state index in [1.807, 2.05) is 13.8 Å². The Hall–Kier alpha value is -1.06. The number of nitrogens with zero attached hydrogens (tertiary/aromatic N) is 1. The van der Waals surface area contributed by atoms with Crippen molar-refractivity contribution in [1.82, 2.24) is 4.90 Å². The van der Waals surface area contributed by atoms with Crippen LogP contribution in [0, 0.1) is 5.92 Å². The molecule has 1 atom stereocenters. The van der Waals surface area contributed by atoms with Gasteiger partial charge in [-0.15, -0.1) is 0 Å². The van der Waals surface area contributed by atoms with Crippen molar-refractivity contribution in [1.29, 1.82) is 0 Å². The van der Waals surface area contributed by atoms with Gasteiger partial charge in [0.25, 0.3) is 0 Å². The summed E-state index contributed by atoms with van der Waals surface area (Å²) in [5.74, 6) is 0.373. The predicted molar refractivity (Wildman–Crippen MR) is 47.4 cm³/mol. The van der Waals surface area contributed by atoms with E-state index in [9.17, 15) is 9.59 Å². The Morgan fingerprint density at radius 2 is 2.38 bits per heavy atom. The zero-order valence-corrected chi connectivity index (χ0v) is 8.03. The quantitative estimate of drug-likeness (QED) is 0.615. The fraction of sp³-hybridized carbons (Fsp3) is 0.778. The summed E-state index contributed by atoms with van der Waals surface area (Å²) in [4.78, 5) is 23.0. The van der Waals surface area contributed by atoms with Gasteiger partial charge < -0.3 is 14.4 Å². The van der Waals surface area contributed by atoms with Crippen LogP contribution in [-0.2, 0) is 9.53 Å². The number of carbonyl (C=O) groups excluding carboxylic acids is 2. The summed E-state index contributed by atoms with van der Waals surface area (Å²) >= 11 is 0. The average molecular weight is 185 g/mol. The first kappa shape index (κ1) is 10.0. The Labute approximate surface area is 77.8 Å². The van der Waals surface area contributed by atoms with E-state index >= 15 is 0 Å². The summed E-state index contributed by atoms with van der Waals surface area (Å²) in [5, 5.41) is 0. The highest BCUT2D eigenvalue weighted by Crippen LogP contribution is 2.19. The molecule has 0 N–H and O–H groups in total. The van der Waals surface area contributed by atoms with Crippen LogP contribution in [0.25, 0.3) is 0 Å². The molecule has 1 aliphatic heterocycles. The van der Waals surface area contributed by atoms with Crippen LogP contribution in [0.2, 0.25) is 0 Å². The van der Waals surface area contributed by atoms with Crippen LogP contribution in [0.4, 0.5) is 4.79 Å². The molecule has 0 aromatic rings. The molecule has 74 valence electrons. The van der Waals surface area contributed by atoms with Gasteiger partial charge in [-0.1, -0.05) is 13.8 Å². The number of carbonyl (C=O) groups is 2. The van der Waals surface area contributed by atoms with Gasteiger partial charge in [-0.3, -0.25) is 0 Å². The summed E-state index contributed by atoms with van der Waals surface area (Å²) < 4.78 is 4.91. The Morgan fingerprint density at radius 1 is 1.69 bits per heavy atom. The zero-order valence-electron chi connectivity index (χ0n) is 8.03. The lowest BCUT2D eigenvalue weighted by Crippen LogP contribution is -2.37. The van der Waals surface area contributed by atoms with Crippen LogP contribution in [0.1, 0.15) is 20.3 Å². The number of hydrogen-bond acceptors (Lipinski definition) is 3. The smallest absolute Gasteiger partial charge is 0.410 e. The van der Waals surface area contributed by atoms with Crippen molar-refractivity contribution in [2.45, 2.75) is 26.3 Å². The number of hydrogen-bond donors (Lipinski definition) is 0. The monoisotopic (exact) mass is 185 g/mol. The molecule has 0 saturated carbocycles. The van der Waals surface area contributed by atoms with Gasteiger partial charge in [-0.05, 0) is 5.92 Å². The summed E-state index contributed by atoms with van der Waals surface area (Å²) in [5.41, 5.74) is 0. The average Bonchev–Trinajstić information content (AvgIpc) is 2.43. The maximum absolute atomic E-state index is 11.2. The lowest BCUT2D eigenvalue weighted by Gasteiger charge is -2.23. The third-order valence-electron chi connectivity index (χ3n) is 2.27. The Bertz CT molecular complexity index is 203. The van der Waals surface area contributed by atoms with Crippen LogP contribution in [-0.4, -0.2) is 36.5 Å². The molecule has 1 rings (SSSR count). The minimum atomic E-state index is -0.291. The second-order valence-corrected chi connectivity index (χ2v) is 3.54. The minimum Gasteiger partial charge on any atom is -0.447 e. The molecule has 0 spiro atoms. The zero-order chi connectivity index (χ0) is 9.84. The normalized spacial score (nSPS) is 22.2. The summed E-state index contributed by atoms with van der Waals surface area (Å²) in [6.07, 6.45) is 0.918. The highest BCUT2D eigenvalue weighted by Gasteiger charge is 2.34. The largest absolute Gasteiger partial charge is 0.447 e. The lowest BCUT2D eigenvalue weighted by molar-refractivity contribution is -0.108. The van der Waals surface area contributed by atoms with Crippen molar-refractivity contribution in [3.8, 4) is 0 Å². The van der Waals surface area contributed by atoms with E-state index in [0.717, 1.165) is 6.29 Å². The van der Waals surface area contributed by atoms with Gasteiger partial charge in [0.05, 0.1) is 6.04 Å². The van der Waals surface area contributed by atoms with Gasteiger partial charge in [0.2, 0.25) is 0 Å². The van der Waals surface area contributed by atoms with E-state index in [1.165, 1.54) is 0 Å². The topological polar surface area (TPSA) is 46.6 Å². The molecule has 1 fully saturated rings. The molecule has 0 bridgehead atoms. The van der Waals surface area contributed by atoms with Crippen molar-refractivity contribution in [3.05, 3.63) is 0 Å². The number of cyclic esters (lactones) is 1. The van der Waals surface area contributed by atoms with Gasteiger partial charge in [0, 0.05) is 13.0 Å². The number of rotatable bonds is 4. The molecular formula is C9H15NO3. The van der Waals surface area contributed by atoms with Crippen molar-refractivity contribution in [2.75, 3.05) is 13.2 Å². The third-order valence-corrected chi connectivity index (χ3v) is 2.27. The maximum Gasteiger partial charge on any atom is 0.410 e. The van der Waals surface area contributed by atoms with Gasteiger partial charge in [0.1, 0.15) is 12.9 Å². The van der Waals surface area contributed by atoms with Crippen LogP contribution in [0.5, 0.6) is 0 Å². The molecular weight excluding hydrogens is 170 g/mol. The van der Waals surface area contributed by atoms with Crippen molar-refractivity contribution in [2.24, 2.45) is 5.92 Å². The van der Waals surface area contributed by atoms with E-state index in [2.05, 4.69) is 0 Å². The first-order valence-corrected chi connectivity index (χ1v) is 4.54. The lowest BCUT2D eigenvalue weighted by atomic mass is 10.0. The van der Waals surface area contributed by atoms with Gasteiger partial charge in [-0.25, -0.2) is 4.79 Å². The van der Waals surface area contributed by atoms with Crippen molar-refractivity contribution in [3.63, 3.8) is 0 Å². The van der Waals surface area contributed by atoms with Crippen molar-refractivity contribution >= 4 is 12.4 Å².